The maximum absolute atomic E-state index is 13.5. The fraction of sp³-hybridized carbons (Fsp3) is 0.545. The number of aryl methyl sites for hydroxylation is 1. The second-order valence-corrected chi connectivity index (χ2v) is 8.55. The zero-order chi connectivity index (χ0) is 21.5. The van der Waals surface area contributed by atoms with Gasteiger partial charge in [0.05, 0.1) is 12.1 Å². The van der Waals surface area contributed by atoms with Gasteiger partial charge in [-0.25, -0.2) is 4.68 Å². The van der Waals surface area contributed by atoms with Crippen LogP contribution in [0.5, 0.6) is 0 Å². The molecule has 2 atom stereocenters. The fourth-order valence-electron chi connectivity index (χ4n) is 4.39. The highest BCUT2D eigenvalue weighted by molar-refractivity contribution is 5.78. The quantitative estimate of drug-likeness (QED) is 0.798. The van der Waals surface area contributed by atoms with Crippen LogP contribution < -0.4 is 5.32 Å². The Balaban J connectivity index is 1.40. The van der Waals surface area contributed by atoms with Crippen molar-refractivity contribution in [3.05, 3.63) is 47.2 Å². The molecule has 0 saturated carbocycles. The van der Waals surface area contributed by atoms with Gasteiger partial charge in [0.1, 0.15) is 5.82 Å². The van der Waals surface area contributed by atoms with Crippen molar-refractivity contribution < 1.29 is 18.0 Å². The summed E-state index contributed by atoms with van der Waals surface area (Å²) in [4.78, 5) is 14.5. The van der Waals surface area contributed by atoms with Gasteiger partial charge in [0, 0.05) is 31.1 Å². The van der Waals surface area contributed by atoms with Crippen LogP contribution in [0.1, 0.15) is 55.0 Å². The normalized spacial score (nSPS) is 22.5. The summed E-state index contributed by atoms with van der Waals surface area (Å²) in [6, 6.07) is 7.85. The number of piperidine rings is 1. The standard InChI is InChI=1S/C22H27F3N4O/c1-14-3-5-16(6-4-14)12-21(30)28-9-7-17(8-10-28)18-13-20-26-15(2)11-19(22(23,24)25)29(20)27-18/h3-6,13,15,17,19,26H,7-12H2,1-2H3/t15-,19-/m1/s1. The van der Waals surface area contributed by atoms with E-state index in [0.717, 1.165) is 15.8 Å². The number of halogens is 3. The van der Waals surface area contributed by atoms with Gasteiger partial charge in [-0.3, -0.25) is 4.79 Å². The molecule has 0 unspecified atom stereocenters. The molecule has 1 aromatic carbocycles. The molecule has 0 bridgehead atoms. The van der Waals surface area contributed by atoms with Crippen LogP contribution in [0.2, 0.25) is 0 Å². The average Bonchev–Trinajstić information content (AvgIpc) is 3.12. The van der Waals surface area contributed by atoms with E-state index in [9.17, 15) is 18.0 Å². The molecule has 8 heteroatoms. The Morgan fingerprint density at radius 2 is 1.87 bits per heavy atom. The van der Waals surface area contributed by atoms with Crippen molar-refractivity contribution in [3.63, 3.8) is 0 Å². The SMILES string of the molecule is Cc1ccc(CC(=O)N2CCC(c3cc4n(n3)[C@@H](C(F)(F)F)C[C@@H](C)N4)CC2)cc1. The lowest BCUT2D eigenvalue weighted by Gasteiger charge is -2.32. The van der Waals surface area contributed by atoms with Gasteiger partial charge < -0.3 is 10.2 Å². The third kappa shape index (κ3) is 4.32. The summed E-state index contributed by atoms with van der Waals surface area (Å²) in [6.07, 6.45) is -2.55. The van der Waals surface area contributed by atoms with E-state index in [1.807, 2.05) is 36.1 Å². The summed E-state index contributed by atoms with van der Waals surface area (Å²) < 4.78 is 41.5. The zero-order valence-electron chi connectivity index (χ0n) is 17.2. The lowest BCUT2D eigenvalue weighted by Crippen LogP contribution is -2.39. The molecule has 5 nitrogen and oxygen atoms in total. The monoisotopic (exact) mass is 420 g/mol. The Bertz CT molecular complexity index is 898. The number of benzene rings is 1. The Hall–Kier alpha value is -2.51. The summed E-state index contributed by atoms with van der Waals surface area (Å²) >= 11 is 0. The molecular formula is C22H27F3N4O. The van der Waals surface area contributed by atoms with Crippen LogP contribution in [0.3, 0.4) is 0 Å². The van der Waals surface area contributed by atoms with E-state index < -0.39 is 12.2 Å². The van der Waals surface area contributed by atoms with Gasteiger partial charge >= 0.3 is 6.18 Å². The van der Waals surface area contributed by atoms with Crippen LogP contribution in [0.15, 0.2) is 30.3 Å². The number of carbonyl (C=O) groups is 1. The van der Waals surface area contributed by atoms with Gasteiger partial charge in [0.25, 0.3) is 0 Å². The molecule has 1 amide bonds. The van der Waals surface area contributed by atoms with Gasteiger partial charge in [-0.05, 0) is 38.7 Å². The lowest BCUT2D eigenvalue weighted by molar-refractivity contribution is -0.173. The molecule has 1 saturated heterocycles. The molecule has 162 valence electrons. The van der Waals surface area contributed by atoms with Crippen molar-refractivity contribution in [3.8, 4) is 0 Å². The molecule has 1 fully saturated rings. The molecule has 3 heterocycles. The first-order valence-electron chi connectivity index (χ1n) is 10.5. The van der Waals surface area contributed by atoms with Crippen LogP contribution in [0.4, 0.5) is 19.0 Å². The van der Waals surface area contributed by atoms with Crippen molar-refractivity contribution >= 4 is 11.7 Å². The van der Waals surface area contributed by atoms with Crippen molar-refractivity contribution in [2.75, 3.05) is 18.4 Å². The number of hydrogen-bond donors (Lipinski definition) is 1. The number of likely N-dealkylation sites (tertiary alicyclic amines) is 1. The van der Waals surface area contributed by atoms with E-state index in [0.29, 0.717) is 43.9 Å². The number of alkyl halides is 3. The van der Waals surface area contributed by atoms with Gasteiger partial charge in [-0.1, -0.05) is 29.8 Å². The Kier molecular flexibility index (Phi) is 5.51. The second-order valence-electron chi connectivity index (χ2n) is 8.55. The Morgan fingerprint density at radius 3 is 2.50 bits per heavy atom. The third-order valence-corrected chi connectivity index (χ3v) is 6.14. The van der Waals surface area contributed by atoms with Gasteiger partial charge in [0.2, 0.25) is 5.91 Å². The highest BCUT2D eigenvalue weighted by Gasteiger charge is 2.45. The summed E-state index contributed by atoms with van der Waals surface area (Å²) in [5, 5.41) is 7.45. The first-order chi connectivity index (χ1) is 14.2. The molecule has 0 spiro atoms. The zero-order valence-corrected chi connectivity index (χ0v) is 17.2. The van der Waals surface area contributed by atoms with E-state index in [1.165, 1.54) is 0 Å². The van der Waals surface area contributed by atoms with E-state index in [-0.39, 0.29) is 24.3 Å². The molecule has 2 aliphatic heterocycles. The number of rotatable bonds is 3. The van der Waals surface area contributed by atoms with Crippen molar-refractivity contribution in [1.29, 1.82) is 0 Å². The van der Waals surface area contributed by atoms with Crippen molar-refractivity contribution in [2.24, 2.45) is 0 Å². The molecule has 1 aromatic heterocycles. The maximum atomic E-state index is 13.5. The van der Waals surface area contributed by atoms with Gasteiger partial charge in [-0.2, -0.15) is 18.3 Å². The minimum Gasteiger partial charge on any atom is -0.368 e. The van der Waals surface area contributed by atoms with Gasteiger partial charge in [0.15, 0.2) is 6.04 Å². The summed E-state index contributed by atoms with van der Waals surface area (Å²) in [6.45, 7) is 4.97. The number of fused-ring (bicyclic) bond motifs is 1. The first kappa shape index (κ1) is 20.8. The minimum atomic E-state index is -4.32. The van der Waals surface area contributed by atoms with Crippen LogP contribution in [0.25, 0.3) is 0 Å². The highest BCUT2D eigenvalue weighted by atomic mass is 19.4. The second kappa shape index (κ2) is 7.96. The maximum Gasteiger partial charge on any atom is 0.410 e. The number of aromatic nitrogens is 2. The van der Waals surface area contributed by atoms with E-state index in [1.54, 1.807) is 13.0 Å². The minimum absolute atomic E-state index is 0.0242. The summed E-state index contributed by atoms with van der Waals surface area (Å²) in [5.41, 5.74) is 2.84. The van der Waals surface area contributed by atoms with Crippen LogP contribution >= 0.6 is 0 Å². The summed E-state index contributed by atoms with van der Waals surface area (Å²) in [7, 11) is 0. The average molecular weight is 420 g/mol. The van der Waals surface area contributed by atoms with Crippen LogP contribution in [-0.4, -0.2) is 45.9 Å². The molecule has 2 aromatic rings. The molecule has 30 heavy (non-hydrogen) atoms. The molecule has 0 aliphatic carbocycles. The van der Waals surface area contributed by atoms with E-state index >= 15 is 0 Å². The molecule has 2 aliphatic rings. The number of hydrogen-bond acceptors (Lipinski definition) is 3. The molecule has 0 radical (unpaired) electrons. The predicted octanol–water partition coefficient (Wildman–Crippen LogP) is 4.45. The summed E-state index contributed by atoms with van der Waals surface area (Å²) in [5.74, 6) is 0.593. The molecule has 4 rings (SSSR count). The number of amides is 1. The Labute approximate surface area is 174 Å². The highest BCUT2D eigenvalue weighted by Crippen LogP contribution is 2.40. The van der Waals surface area contributed by atoms with Crippen molar-refractivity contribution in [1.82, 2.24) is 14.7 Å². The number of nitrogens with one attached hydrogen (secondary N) is 1. The number of nitrogens with zero attached hydrogens (tertiary/aromatic N) is 3. The third-order valence-electron chi connectivity index (χ3n) is 6.14. The molecular weight excluding hydrogens is 393 g/mol. The van der Waals surface area contributed by atoms with E-state index in [4.69, 9.17) is 0 Å². The van der Waals surface area contributed by atoms with Crippen LogP contribution in [0, 0.1) is 6.92 Å². The first-order valence-corrected chi connectivity index (χ1v) is 10.5. The lowest BCUT2D eigenvalue weighted by atomic mass is 9.93. The number of anilines is 1. The van der Waals surface area contributed by atoms with Gasteiger partial charge in [-0.15, -0.1) is 0 Å². The Morgan fingerprint density at radius 1 is 1.20 bits per heavy atom. The smallest absolute Gasteiger partial charge is 0.368 e. The topological polar surface area (TPSA) is 50.2 Å². The molecule has 1 N–H and O–H groups in total. The van der Waals surface area contributed by atoms with Crippen molar-refractivity contribution in [2.45, 2.75) is 63.7 Å². The van der Waals surface area contributed by atoms with Crippen LogP contribution in [-0.2, 0) is 11.2 Å². The van der Waals surface area contributed by atoms with E-state index in [2.05, 4.69) is 10.4 Å². The fourth-order valence-corrected chi connectivity index (χ4v) is 4.39. The number of carbonyl (C=O) groups excluding carboxylic acids is 1. The predicted molar refractivity (Wildman–Crippen MR) is 108 cm³/mol. The largest absolute Gasteiger partial charge is 0.410 e.